The minimum Gasteiger partial charge on any atom is -0.370 e. The number of ether oxygens (including phenoxy) is 1. The van der Waals surface area contributed by atoms with Crippen LogP contribution < -0.4 is 0 Å². The maximum atomic E-state index is 5.76. The van der Waals surface area contributed by atoms with Crippen molar-refractivity contribution in [3.05, 3.63) is 30.0 Å². The van der Waals surface area contributed by atoms with Gasteiger partial charge in [-0.3, -0.25) is 4.68 Å². The second-order valence-corrected chi connectivity index (χ2v) is 3.89. The van der Waals surface area contributed by atoms with Crippen LogP contribution in [0, 0.1) is 0 Å². The highest BCUT2D eigenvalue weighted by molar-refractivity contribution is 5.81. The highest BCUT2D eigenvalue weighted by Gasteiger charge is 2.23. The smallest absolute Gasteiger partial charge is 0.0996 e. The van der Waals surface area contributed by atoms with Crippen molar-refractivity contribution in [2.75, 3.05) is 6.61 Å². The summed E-state index contributed by atoms with van der Waals surface area (Å²) < 4.78 is 7.86. The lowest BCUT2D eigenvalue weighted by Gasteiger charge is -2.23. The Kier molecular flexibility index (Phi) is 1.99. The van der Waals surface area contributed by atoms with E-state index in [0.29, 0.717) is 0 Å². The molecule has 1 aliphatic heterocycles. The fourth-order valence-corrected chi connectivity index (χ4v) is 2.28. The third kappa shape index (κ3) is 1.27. The Morgan fingerprint density at radius 2 is 2.33 bits per heavy atom. The molecule has 0 saturated carbocycles. The molecule has 78 valence electrons. The van der Waals surface area contributed by atoms with Crippen molar-refractivity contribution in [1.29, 1.82) is 0 Å². The second-order valence-electron chi connectivity index (χ2n) is 3.89. The summed E-state index contributed by atoms with van der Waals surface area (Å²) in [5.41, 5.74) is 2.33. The number of hydrogen-bond acceptors (Lipinski definition) is 2. The number of aromatic nitrogens is 2. The quantitative estimate of drug-likeness (QED) is 0.710. The molecule has 1 aromatic carbocycles. The van der Waals surface area contributed by atoms with Gasteiger partial charge in [0.05, 0.1) is 30.5 Å². The Morgan fingerprint density at radius 1 is 1.47 bits per heavy atom. The molecule has 2 aromatic rings. The van der Waals surface area contributed by atoms with E-state index in [0.717, 1.165) is 25.1 Å². The lowest BCUT2D eigenvalue weighted by atomic mass is 10.1. The van der Waals surface area contributed by atoms with Gasteiger partial charge < -0.3 is 4.74 Å². The molecule has 0 bridgehead atoms. The Hall–Kier alpha value is -1.35. The summed E-state index contributed by atoms with van der Waals surface area (Å²) >= 11 is 0. The van der Waals surface area contributed by atoms with Gasteiger partial charge in [-0.25, -0.2) is 0 Å². The van der Waals surface area contributed by atoms with E-state index in [9.17, 15) is 0 Å². The molecule has 3 heteroatoms. The molecule has 0 spiro atoms. The first-order valence-electron chi connectivity index (χ1n) is 5.47. The summed E-state index contributed by atoms with van der Waals surface area (Å²) in [6.07, 6.45) is 1.22. The van der Waals surface area contributed by atoms with Crippen molar-refractivity contribution < 1.29 is 4.74 Å². The second kappa shape index (κ2) is 3.35. The Balaban J connectivity index is 2.27. The lowest BCUT2D eigenvalue weighted by Crippen LogP contribution is -2.21. The van der Waals surface area contributed by atoms with Gasteiger partial charge in [0, 0.05) is 5.39 Å². The van der Waals surface area contributed by atoms with Crippen LogP contribution >= 0.6 is 0 Å². The molecule has 1 aliphatic rings. The largest absolute Gasteiger partial charge is 0.370 e. The molecule has 2 heterocycles. The molecule has 0 unspecified atom stereocenters. The van der Waals surface area contributed by atoms with E-state index in [1.165, 1.54) is 11.1 Å². The average molecular weight is 202 g/mol. The van der Waals surface area contributed by atoms with Gasteiger partial charge in [-0.15, -0.1) is 0 Å². The minimum atomic E-state index is 0.214. The highest BCUT2D eigenvalue weighted by atomic mass is 16.5. The maximum absolute atomic E-state index is 5.76. The molecular formula is C12H14N2O. The third-order valence-electron chi connectivity index (χ3n) is 2.98. The molecule has 0 aliphatic carbocycles. The SMILES string of the molecule is CC[C@H]1OCCn2nc3ccccc3c21. The first kappa shape index (κ1) is 8.92. The monoisotopic (exact) mass is 202 g/mol. The van der Waals surface area contributed by atoms with Crippen LogP contribution in [0.3, 0.4) is 0 Å². The molecule has 1 atom stereocenters. The fourth-order valence-electron chi connectivity index (χ4n) is 2.28. The van der Waals surface area contributed by atoms with Gasteiger partial charge in [-0.2, -0.15) is 5.10 Å². The Labute approximate surface area is 88.7 Å². The molecule has 0 fully saturated rings. The van der Waals surface area contributed by atoms with Crippen molar-refractivity contribution in [1.82, 2.24) is 9.78 Å². The Bertz CT molecular complexity index is 489. The van der Waals surface area contributed by atoms with Crippen molar-refractivity contribution in [3.8, 4) is 0 Å². The van der Waals surface area contributed by atoms with E-state index in [1.807, 2.05) is 6.07 Å². The average Bonchev–Trinajstić information content (AvgIpc) is 2.67. The summed E-state index contributed by atoms with van der Waals surface area (Å²) in [4.78, 5) is 0. The van der Waals surface area contributed by atoms with Gasteiger partial charge in [0.1, 0.15) is 0 Å². The van der Waals surface area contributed by atoms with Crippen molar-refractivity contribution >= 4 is 10.9 Å². The van der Waals surface area contributed by atoms with Crippen LogP contribution in [-0.4, -0.2) is 16.4 Å². The molecular weight excluding hydrogens is 188 g/mol. The van der Waals surface area contributed by atoms with Crippen LogP contribution in [0.5, 0.6) is 0 Å². The lowest BCUT2D eigenvalue weighted by molar-refractivity contribution is 0.0157. The van der Waals surface area contributed by atoms with E-state index in [1.54, 1.807) is 0 Å². The van der Waals surface area contributed by atoms with Crippen molar-refractivity contribution in [2.45, 2.75) is 26.0 Å². The number of rotatable bonds is 1. The summed E-state index contributed by atoms with van der Waals surface area (Å²) in [5.74, 6) is 0. The summed E-state index contributed by atoms with van der Waals surface area (Å²) in [5, 5.41) is 5.83. The summed E-state index contributed by atoms with van der Waals surface area (Å²) in [6, 6.07) is 8.29. The van der Waals surface area contributed by atoms with Gasteiger partial charge in [0.2, 0.25) is 0 Å². The van der Waals surface area contributed by atoms with Crippen LogP contribution in [0.15, 0.2) is 24.3 Å². The minimum absolute atomic E-state index is 0.214. The van der Waals surface area contributed by atoms with E-state index in [-0.39, 0.29) is 6.10 Å². The van der Waals surface area contributed by atoms with Crippen molar-refractivity contribution in [2.24, 2.45) is 0 Å². The van der Waals surface area contributed by atoms with Gasteiger partial charge in [-0.1, -0.05) is 25.1 Å². The molecule has 1 aromatic heterocycles. The van der Waals surface area contributed by atoms with E-state index in [2.05, 4.69) is 34.9 Å². The van der Waals surface area contributed by atoms with Crippen LogP contribution in [-0.2, 0) is 11.3 Å². The number of nitrogens with zero attached hydrogens (tertiary/aromatic N) is 2. The predicted molar refractivity (Wildman–Crippen MR) is 58.7 cm³/mol. The highest BCUT2D eigenvalue weighted by Crippen LogP contribution is 2.31. The van der Waals surface area contributed by atoms with E-state index in [4.69, 9.17) is 4.74 Å². The van der Waals surface area contributed by atoms with Gasteiger partial charge in [0.25, 0.3) is 0 Å². The van der Waals surface area contributed by atoms with E-state index >= 15 is 0 Å². The number of hydrogen-bond donors (Lipinski definition) is 0. The molecule has 0 radical (unpaired) electrons. The molecule has 0 saturated heterocycles. The van der Waals surface area contributed by atoms with Gasteiger partial charge in [0.15, 0.2) is 0 Å². The number of fused-ring (bicyclic) bond motifs is 3. The molecule has 0 amide bonds. The zero-order valence-electron chi connectivity index (χ0n) is 8.81. The van der Waals surface area contributed by atoms with Crippen LogP contribution in [0.25, 0.3) is 10.9 Å². The summed E-state index contributed by atoms with van der Waals surface area (Å²) in [7, 11) is 0. The maximum Gasteiger partial charge on any atom is 0.0996 e. The van der Waals surface area contributed by atoms with E-state index < -0.39 is 0 Å². The first-order valence-corrected chi connectivity index (χ1v) is 5.47. The topological polar surface area (TPSA) is 27.1 Å². The predicted octanol–water partition coefficient (Wildman–Crippen LogP) is 2.52. The van der Waals surface area contributed by atoms with Gasteiger partial charge in [-0.05, 0) is 12.5 Å². The van der Waals surface area contributed by atoms with Crippen LogP contribution in [0.4, 0.5) is 0 Å². The molecule has 3 rings (SSSR count). The molecule has 3 nitrogen and oxygen atoms in total. The van der Waals surface area contributed by atoms with Crippen LogP contribution in [0.2, 0.25) is 0 Å². The molecule has 0 N–H and O–H groups in total. The van der Waals surface area contributed by atoms with Crippen LogP contribution in [0.1, 0.15) is 25.1 Å². The van der Waals surface area contributed by atoms with Crippen molar-refractivity contribution in [3.63, 3.8) is 0 Å². The molecule has 15 heavy (non-hydrogen) atoms. The summed E-state index contributed by atoms with van der Waals surface area (Å²) in [6.45, 7) is 3.81. The fraction of sp³-hybridized carbons (Fsp3) is 0.417. The standard InChI is InChI=1S/C12H14N2O/c1-2-11-12-9-5-3-4-6-10(9)13-14(12)7-8-15-11/h3-6,11H,2,7-8H2,1H3/t11-/m1/s1. The number of benzene rings is 1. The normalized spacial score (nSPS) is 20.5. The zero-order chi connectivity index (χ0) is 10.3. The Morgan fingerprint density at radius 3 is 3.20 bits per heavy atom. The zero-order valence-corrected chi connectivity index (χ0v) is 8.81. The third-order valence-corrected chi connectivity index (χ3v) is 2.98. The first-order chi connectivity index (χ1) is 7.40. The van der Waals surface area contributed by atoms with Gasteiger partial charge >= 0.3 is 0 Å².